The summed E-state index contributed by atoms with van der Waals surface area (Å²) in [6, 6.07) is 1.97. The number of halogens is 1. The lowest BCUT2D eigenvalue weighted by Crippen LogP contribution is -2.26. The molecule has 1 N–H and O–H groups in total. The zero-order valence-electron chi connectivity index (χ0n) is 10.4. The second-order valence-electron chi connectivity index (χ2n) is 3.70. The fourth-order valence-corrected chi connectivity index (χ4v) is 1.47. The Kier molecular flexibility index (Phi) is 4.85. The van der Waals surface area contributed by atoms with E-state index in [1.54, 1.807) is 14.0 Å². The molecule has 0 spiro atoms. The summed E-state index contributed by atoms with van der Waals surface area (Å²) in [5, 5.41) is 13.6. The SMILES string of the molecule is CNCC(C)Oc1cc(OC)c([N+](=O)[O-])cc1F. The molecule has 1 rings (SSSR count). The summed E-state index contributed by atoms with van der Waals surface area (Å²) in [7, 11) is 3.02. The highest BCUT2D eigenvalue weighted by Gasteiger charge is 2.20. The van der Waals surface area contributed by atoms with Crippen molar-refractivity contribution in [1.82, 2.24) is 5.32 Å². The van der Waals surface area contributed by atoms with E-state index in [0.717, 1.165) is 6.07 Å². The van der Waals surface area contributed by atoms with Gasteiger partial charge in [-0.2, -0.15) is 0 Å². The van der Waals surface area contributed by atoms with Crippen molar-refractivity contribution in [3.63, 3.8) is 0 Å². The number of methoxy groups -OCH3 is 1. The maximum Gasteiger partial charge on any atom is 0.314 e. The van der Waals surface area contributed by atoms with Gasteiger partial charge in [-0.15, -0.1) is 0 Å². The topological polar surface area (TPSA) is 73.6 Å². The van der Waals surface area contributed by atoms with Gasteiger partial charge in [0, 0.05) is 12.6 Å². The summed E-state index contributed by atoms with van der Waals surface area (Å²) in [5.41, 5.74) is -0.427. The van der Waals surface area contributed by atoms with Gasteiger partial charge in [-0.1, -0.05) is 0 Å². The second kappa shape index (κ2) is 6.15. The summed E-state index contributed by atoms with van der Waals surface area (Å²) >= 11 is 0. The summed E-state index contributed by atoms with van der Waals surface area (Å²) < 4.78 is 23.8. The molecule has 0 saturated heterocycles. The molecule has 1 aromatic rings. The van der Waals surface area contributed by atoms with Crippen LogP contribution in [0, 0.1) is 15.9 Å². The smallest absolute Gasteiger partial charge is 0.314 e. The van der Waals surface area contributed by atoms with Crippen molar-refractivity contribution < 1.29 is 18.8 Å². The van der Waals surface area contributed by atoms with Gasteiger partial charge in [0.25, 0.3) is 0 Å². The Morgan fingerprint density at radius 1 is 1.50 bits per heavy atom. The van der Waals surface area contributed by atoms with Crippen molar-refractivity contribution >= 4 is 5.69 Å². The molecule has 6 nitrogen and oxygen atoms in total. The molecule has 0 bridgehead atoms. The molecule has 0 aromatic heterocycles. The monoisotopic (exact) mass is 258 g/mol. The molecule has 0 heterocycles. The predicted molar refractivity (Wildman–Crippen MR) is 63.6 cm³/mol. The van der Waals surface area contributed by atoms with Crippen LogP contribution in [0.3, 0.4) is 0 Å². The first-order valence-electron chi connectivity index (χ1n) is 5.32. The van der Waals surface area contributed by atoms with Gasteiger partial charge in [0.1, 0.15) is 6.10 Å². The quantitative estimate of drug-likeness (QED) is 0.621. The Morgan fingerprint density at radius 3 is 2.67 bits per heavy atom. The number of nitro groups is 1. The highest BCUT2D eigenvalue weighted by atomic mass is 19.1. The maximum atomic E-state index is 13.6. The van der Waals surface area contributed by atoms with Crippen LogP contribution in [0.25, 0.3) is 0 Å². The van der Waals surface area contributed by atoms with E-state index in [-0.39, 0.29) is 17.6 Å². The molecule has 0 saturated carbocycles. The van der Waals surface area contributed by atoms with Crippen molar-refractivity contribution in [2.45, 2.75) is 13.0 Å². The number of nitrogens with one attached hydrogen (secondary N) is 1. The average Bonchev–Trinajstić information content (AvgIpc) is 2.31. The zero-order chi connectivity index (χ0) is 13.7. The van der Waals surface area contributed by atoms with E-state index in [1.807, 2.05) is 0 Å². The summed E-state index contributed by atoms with van der Waals surface area (Å²) in [4.78, 5) is 9.97. The number of nitrogens with zero attached hydrogens (tertiary/aromatic N) is 1. The van der Waals surface area contributed by atoms with Crippen LogP contribution in [0.5, 0.6) is 11.5 Å². The number of rotatable bonds is 6. The molecule has 7 heteroatoms. The van der Waals surface area contributed by atoms with Gasteiger partial charge in [-0.05, 0) is 14.0 Å². The van der Waals surface area contributed by atoms with Crippen LogP contribution in [0.4, 0.5) is 10.1 Å². The Bertz CT molecular complexity index is 439. The van der Waals surface area contributed by atoms with E-state index in [0.29, 0.717) is 6.54 Å². The van der Waals surface area contributed by atoms with E-state index >= 15 is 0 Å². The van der Waals surface area contributed by atoms with Gasteiger partial charge in [0.2, 0.25) is 5.75 Å². The van der Waals surface area contributed by atoms with Crippen LogP contribution in [-0.2, 0) is 0 Å². The molecule has 0 amide bonds. The highest BCUT2D eigenvalue weighted by Crippen LogP contribution is 2.33. The molecule has 1 atom stereocenters. The summed E-state index contributed by atoms with van der Waals surface area (Å²) in [5.74, 6) is -0.890. The first-order valence-corrected chi connectivity index (χ1v) is 5.32. The van der Waals surface area contributed by atoms with E-state index in [9.17, 15) is 14.5 Å². The Labute approximate surface area is 104 Å². The van der Waals surface area contributed by atoms with Gasteiger partial charge >= 0.3 is 5.69 Å². The average molecular weight is 258 g/mol. The lowest BCUT2D eigenvalue weighted by molar-refractivity contribution is -0.386. The molecule has 1 unspecified atom stereocenters. The van der Waals surface area contributed by atoms with Crippen molar-refractivity contribution in [2.24, 2.45) is 0 Å². The van der Waals surface area contributed by atoms with Crippen LogP contribution in [0.15, 0.2) is 12.1 Å². The third kappa shape index (κ3) is 3.30. The van der Waals surface area contributed by atoms with Crippen LogP contribution < -0.4 is 14.8 Å². The van der Waals surface area contributed by atoms with Gasteiger partial charge in [-0.3, -0.25) is 10.1 Å². The van der Waals surface area contributed by atoms with Crippen LogP contribution in [-0.4, -0.2) is 31.7 Å². The van der Waals surface area contributed by atoms with Crippen molar-refractivity contribution in [2.75, 3.05) is 20.7 Å². The van der Waals surface area contributed by atoms with E-state index < -0.39 is 16.4 Å². The highest BCUT2D eigenvalue weighted by molar-refractivity contribution is 5.51. The summed E-state index contributed by atoms with van der Waals surface area (Å²) in [6.07, 6.45) is -0.268. The molecule has 1 aromatic carbocycles. The number of nitro benzene ring substituents is 1. The largest absolute Gasteiger partial charge is 0.490 e. The lowest BCUT2D eigenvalue weighted by atomic mass is 10.2. The first kappa shape index (κ1) is 14.2. The Balaban J connectivity index is 3.03. The number of likely N-dealkylation sites (N-methyl/N-ethyl adjacent to an activating group) is 1. The molecular weight excluding hydrogens is 243 g/mol. The van der Waals surface area contributed by atoms with Gasteiger partial charge < -0.3 is 14.8 Å². The van der Waals surface area contributed by atoms with Crippen LogP contribution in [0.1, 0.15) is 6.92 Å². The van der Waals surface area contributed by atoms with Crippen molar-refractivity contribution in [3.8, 4) is 11.5 Å². The minimum atomic E-state index is -0.787. The first-order chi connectivity index (χ1) is 8.49. The predicted octanol–water partition coefficient (Wildman–Crippen LogP) is 1.73. The Hall–Kier alpha value is -1.89. The summed E-state index contributed by atoms with van der Waals surface area (Å²) in [6.45, 7) is 2.28. The van der Waals surface area contributed by atoms with Crippen LogP contribution in [0.2, 0.25) is 0 Å². The van der Waals surface area contributed by atoms with E-state index in [1.165, 1.54) is 13.2 Å². The number of ether oxygens (including phenoxy) is 2. The van der Waals surface area contributed by atoms with Gasteiger partial charge in [0.15, 0.2) is 11.6 Å². The van der Waals surface area contributed by atoms with Crippen molar-refractivity contribution in [1.29, 1.82) is 0 Å². The molecular formula is C11H15FN2O4. The van der Waals surface area contributed by atoms with E-state index in [2.05, 4.69) is 5.32 Å². The zero-order valence-corrected chi connectivity index (χ0v) is 10.4. The normalized spacial score (nSPS) is 12.0. The molecule has 0 fully saturated rings. The van der Waals surface area contributed by atoms with Gasteiger partial charge in [-0.25, -0.2) is 4.39 Å². The number of hydrogen-bond acceptors (Lipinski definition) is 5. The molecule has 0 radical (unpaired) electrons. The molecule has 0 aliphatic carbocycles. The minimum Gasteiger partial charge on any atom is -0.490 e. The third-order valence-electron chi connectivity index (χ3n) is 2.25. The Morgan fingerprint density at radius 2 is 2.17 bits per heavy atom. The molecule has 0 aliphatic rings. The van der Waals surface area contributed by atoms with Crippen LogP contribution >= 0.6 is 0 Å². The maximum absolute atomic E-state index is 13.6. The number of benzene rings is 1. The van der Waals surface area contributed by atoms with Gasteiger partial charge in [0.05, 0.1) is 18.1 Å². The number of hydrogen-bond donors (Lipinski definition) is 1. The molecule has 100 valence electrons. The molecule has 0 aliphatic heterocycles. The molecule has 18 heavy (non-hydrogen) atoms. The standard InChI is InChI=1S/C11H15FN2O4/c1-7(6-13-2)18-10-5-11(17-3)9(14(15)16)4-8(10)12/h4-5,7,13H,6H2,1-3H3. The second-order valence-corrected chi connectivity index (χ2v) is 3.70. The van der Waals surface area contributed by atoms with Crippen molar-refractivity contribution in [3.05, 3.63) is 28.1 Å². The fourth-order valence-electron chi connectivity index (χ4n) is 1.47. The fraction of sp³-hybridized carbons (Fsp3) is 0.455. The third-order valence-corrected chi connectivity index (χ3v) is 2.25. The van der Waals surface area contributed by atoms with E-state index in [4.69, 9.17) is 9.47 Å². The minimum absolute atomic E-state index is 0.0342. The lowest BCUT2D eigenvalue weighted by Gasteiger charge is -2.15.